The zero-order valence-electron chi connectivity index (χ0n) is 12.9. The molecule has 1 aliphatic heterocycles. The van der Waals surface area contributed by atoms with Crippen LogP contribution in [0, 0.1) is 5.41 Å². The minimum atomic E-state index is -0.456. The molecule has 0 aromatic heterocycles. The molecule has 1 heterocycles. The summed E-state index contributed by atoms with van der Waals surface area (Å²) in [5, 5.41) is 0. The fourth-order valence-corrected chi connectivity index (χ4v) is 4.06. The molecule has 1 amide bonds. The van der Waals surface area contributed by atoms with Crippen LogP contribution in [-0.2, 0) is 14.3 Å². The third-order valence-electron chi connectivity index (χ3n) is 5.06. The Bertz CT molecular complexity index is 396. The zero-order valence-corrected chi connectivity index (χ0v) is 13.6. The number of likely N-dealkylation sites (tertiary alicyclic amines) is 1. The molecule has 5 nitrogen and oxygen atoms in total. The number of methoxy groups -OCH3 is 1. The summed E-state index contributed by atoms with van der Waals surface area (Å²) < 4.78 is 4.81. The first-order valence-electron chi connectivity index (χ1n) is 7.78. The summed E-state index contributed by atoms with van der Waals surface area (Å²) in [5.41, 5.74) is -0.139. The number of nitrogens with zero attached hydrogens (tertiary/aromatic N) is 1. The lowest BCUT2D eigenvalue weighted by atomic mass is 9.70. The second-order valence-corrected chi connectivity index (χ2v) is 6.69. The first kappa shape index (κ1) is 16.6. The lowest BCUT2D eigenvalue weighted by Gasteiger charge is -2.41. The predicted molar refractivity (Wildman–Crippen MR) is 80.7 cm³/mol. The summed E-state index contributed by atoms with van der Waals surface area (Å²) in [5.74, 6) is -0.398. The van der Waals surface area contributed by atoms with E-state index in [1.807, 2.05) is 0 Å². The van der Waals surface area contributed by atoms with Crippen LogP contribution in [0.4, 0.5) is 0 Å². The van der Waals surface area contributed by atoms with Crippen molar-refractivity contribution >= 4 is 23.7 Å². The van der Waals surface area contributed by atoms with E-state index in [9.17, 15) is 9.59 Å². The molecule has 21 heavy (non-hydrogen) atoms. The van der Waals surface area contributed by atoms with Crippen molar-refractivity contribution in [3.63, 3.8) is 0 Å². The summed E-state index contributed by atoms with van der Waals surface area (Å²) in [4.78, 5) is 29.0. The Kier molecular flexibility index (Phi) is 5.49. The van der Waals surface area contributed by atoms with Gasteiger partial charge in [-0.3, -0.25) is 4.79 Å². The molecule has 0 bridgehead atoms. The molecule has 120 valence electrons. The second kappa shape index (κ2) is 6.97. The normalized spacial score (nSPS) is 26.4. The average molecular weight is 317 g/mol. The highest BCUT2D eigenvalue weighted by molar-refractivity contribution is 6.15. The molecule has 2 aliphatic rings. The molecule has 2 atom stereocenters. The highest BCUT2D eigenvalue weighted by Crippen LogP contribution is 2.40. The van der Waals surface area contributed by atoms with Gasteiger partial charge in [-0.2, -0.15) is 0 Å². The van der Waals surface area contributed by atoms with Gasteiger partial charge in [0.25, 0.3) is 0 Å². The van der Waals surface area contributed by atoms with Gasteiger partial charge in [-0.1, -0.05) is 26.2 Å². The van der Waals surface area contributed by atoms with E-state index in [1.165, 1.54) is 13.5 Å². The Labute approximate surface area is 131 Å². The van der Waals surface area contributed by atoms with E-state index < -0.39 is 12.1 Å². The maximum Gasteiger partial charge on any atom is 0.328 e. The Morgan fingerprint density at radius 2 is 1.95 bits per heavy atom. The third kappa shape index (κ3) is 3.34. The van der Waals surface area contributed by atoms with Gasteiger partial charge < -0.3 is 9.64 Å². The maximum atomic E-state index is 12.9. The van der Waals surface area contributed by atoms with E-state index in [0.29, 0.717) is 13.0 Å². The largest absolute Gasteiger partial charge is 0.467 e. The van der Waals surface area contributed by atoms with Gasteiger partial charge in [-0.15, -0.1) is 0 Å². The molecule has 2 fully saturated rings. The van der Waals surface area contributed by atoms with Crippen LogP contribution >= 0.6 is 11.8 Å². The number of carbonyl (C=O) groups excluding carboxylic acids is 2. The van der Waals surface area contributed by atoms with Crippen molar-refractivity contribution in [3.8, 4) is 0 Å². The quantitative estimate of drug-likeness (QED) is 0.638. The van der Waals surface area contributed by atoms with Crippen molar-refractivity contribution in [2.45, 2.75) is 64.0 Å². The van der Waals surface area contributed by atoms with Crippen LogP contribution in [0.3, 0.4) is 0 Å². The molecule has 6 heteroatoms. The molecular weight excluding hydrogens is 292 g/mol. The molecule has 0 aromatic rings. The summed E-state index contributed by atoms with van der Waals surface area (Å²) in [6.45, 7) is 2.72. The van der Waals surface area contributed by atoms with Crippen molar-refractivity contribution in [1.82, 2.24) is 9.74 Å². The summed E-state index contributed by atoms with van der Waals surface area (Å²) >= 11 is 5.91. The molecule has 1 saturated heterocycles. The molecule has 0 aromatic carbocycles. The number of hydrogen-bond acceptors (Lipinski definition) is 4. The van der Waals surface area contributed by atoms with E-state index in [-0.39, 0.29) is 17.3 Å². The van der Waals surface area contributed by atoms with Gasteiger partial charge >= 0.3 is 5.97 Å². The highest BCUT2D eigenvalue weighted by Gasteiger charge is 2.45. The molecule has 0 radical (unpaired) electrons. The Balaban J connectivity index is 2.14. The molecule has 0 spiro atoms. The van der Waals surface area contributed by atoms with Crippen LogP contribution in [0.15, 0.2) is 0 Å². The van der Waals surface area contributed by atoms with Crippen LogP contribution in [0.5, 0.6) is 0 Å². The van der Waals surface area contributed by atoms with E-state index in [2.05, 4.69) is 11.8 Å². The molecule has 1 saturated carbocycles. The number of amides is 1. The number of carbonyl (C=O) groups is 2. The summed E-state index contributed by atoms with van der Waals surface area (Å²) in [7, 11) is 1.36. The molecule has 2 rings (SSSR count). The van der Waals surface area contributed by atoms with E-state index >= 15 is 0 Å². The van der Waals surface area contributed by atoms with Crippen molar-refractivity contribution in [2.24, 2.45) is 5.41 Å². The summed E-state index contributed by atoms with van der Waals surface area (Å²) in [6, 6.07) is -0.896. The standard InChI is InChI=1S/C15H25ClN2O3/c1-15(8-4-3-5-9-15)12(17-16)13(19)18-10-6-7-11(18)14(20)21-2/h11-12,17H,3-10H2,1-2H3/t11-,12+/m0/s1. The molecular formula is C15H25ClN2O3. The minimum Gasteiger partial charge on any atom is -0.467 e. The van der Waals surface area contributed by atoms with Gasteiger partial charge in [-0.05, 0) is 42.9 Å². The van der Waals surface area contributed by atoms with Crippen LogP contribution in [0.2, 0.25) is 0 Å². The number of rotatable bonds is 4. The Hall–Kier alpha value is -0.810. The van der Waals surface area contributed by atoms with E-state index in [1.54, 1.807) is 4.90 Å². The molecule has 0 unspecified atom stereocenters. The Morgan fingerprint density at radius 1 is 1.29 bits per heavy atom. The van der Waals surface area contributed by atoms with Crippen molar-refractivity contribution in [3.05, 3.63) is 0 Å². The minimum absolute atomic E-state index is 0.0673. The van der Waals surface area contributed by atoms with Gasteiger partial charge in [0, 0.05) is 6.54 Å². The van der Waals surface area contributed by atoms with Crippen molar-refractivity contribution in [1.29, 1.82) is 0 Å². The lowest BCUT2D eigenvalue weighted by molar-refractivity contribution is -0.152. The number of nitrogens with one attached hydrogen (secondary N) is 1. The zero-order chi connectivity index (χ0) is 15.5. The number of hydrogen-bond donors (Lipinski definition) is 1. The monoisotopic (exact) mass is 316 g/mol. The fourth-order valence-electron chi connectivity index (χ4n) is 3.70. The first-order chi connectivity index (χ1) is 10.0. The van der Waals surface area contributed by atoms with Gasteiger partial charge in [0.1, 0.15) is 12.1 Å². The van der Waals surface area contributed by atoms with Gasteiger partial charge in [0.2, 0.25) is 5.91 Å². The van der Waals surface area contributed by atoms with Crippen LogP contribution < -0.4 is 4.84 Å². The number of ether oxygens (including phenoxy) is 1. The first-order valence-corrected chi connectivity index (χ1v) is 8.16. The van der Waals surface area contributed by atoms with Crippen LogP contribution in [0.25, 0.3) is 0 Å². The SMILES string of the molecule is COC(=O)[C@@H]1CCCN1C(=O)[C@@H](NCl)C1(C)CCCCC1. The van der Waals surface area contributed by atoms with Crippen molar-refractivity contribution in [2.75, 3.05) is 13.7 Å². The Morgan fingerprint density at radius 3 is 2.52 bits per heavy atom. The topological polar surface area (TPSA) is 58.6 Å². The van der Waals surface area contributed by atoms with Crippen molar-refractivity contribution < 1.29 is 14.3 Å². The molecule has 1 aliphatic carbocycles. The highest BCUT2D eigenvalue weighted by atomic mass is 35.5. The summed E-state index contributed by atoms with van der Waals surface area (Å²) in [6.07, 6.45) is 6.94. The fraction of sp³-hybridized carbons (Fsp3) is 0.867. The van der Waals surface area contributed by atoms with Crippen LogP contribution in [0.1, 0.15) is 51.9 Å². The smallest absolute Gasteiger partial charge is 0.328 e. The van der Waals surface area contributed by atoms with Gasteiger partial charge in [-0.25, -0.2) is 9.63 Å². The molecule has 1 N–H and O–H groups in total. The maximum absolute atomic E-state index is 12.9. The van der Waals surface area contributed by atoms with Gasteiger partial charge in [0.15, 0.2) is 0 Å². The predicted octanol–water partition coefficient (Wildman–Crippen LogP) is 2.23. The third-order valence-corrected chi connectivity index (χ3v) is 5.28. The second-order valence-electron chi connectivity index (χ2n) is 6.47. The van der Waals surface area contributed by atoms with Crippen LogP contribution in [-0.4, -0.2) is 42.5 Å². The van der Waals surface area contributed by atoms with Gasteiger partial charge in [0.05, 0.1) is 7.11 Å². The number of esters is 1. The van der Waals surface area contributed by atoms with E-state index in [4.69, 9.17) is 16.5 Å². The van der Waals surface area contributed by atoms with E-state index in [0.717, 1.165) is 32.1 Å². The number of halogens is 1. The lowest BCUT2D eigenvalue weighted by Crippen LogP contribution is -2.55. The average Bonchev–Trinajstić information content (AvgIpc) is 2.97.